The summed E-state index contributed by atoms with van der Waals surface area (Å²) < 4.78 is 0. The molecule has 7 heteroatoms. The van der Waals surface area contributed by atoms with E-state index in [0.29, 0.717) is 17.3 Å². The van der Waals surface area contributed by atoms with Crippen LogP contribution in [0.25, 0.3) is 0 Å². The van der Waals surface area contributed by atoms with Gasteiger partial charge in [0.25, 0.3) is 5.91 Å². The van der Waals surface area contributed by atoms with Crippen LogP contribution in [0.1, 0.15) is 21.7 Å². The Morgan fingerprint density at radius 3 is 2.78 bits per heavy atom. The molecule has 122 valence electrons. The van der Waals surface area contributed by atoms with Crippen molar-refractivity contribution in [3.05, 3.63) is 53.6 Å². The van der Waals surface area contributed by atoms with E-state index in [4.69, 9.17) is 0 Å². The van der Waals surface area contributed by atoms with E-state index in [9.17, 15) is 4.79 Å². The number of aromatic amines is 1. The van der Waals surface area contributed by atoms with Crippen molar-refractivity contribution in [1.29, 1.82) is 0 Å². The second-order valence-electron chi connectivity index (χ2n) is 4.74. The number of amidine groups is 1. The molecular weight excluding hydrogens is 328 g/mol. The van der Waals surface area contributed by atoms with Crippen LogP contribution < -0.4 is 5.32 Å². The summed E-state index contributed by atoms with van der Waals surface area (Å²) in [5.74, 6) is 1.63. The summed E-state index contributed by atoms with van der Waals surface area (Å²) in [5.41, 5.74) is 2.83. The Bertz CT molecular complexity index is 655. The summed E-state index contributed by atoms with van der Waals surface area (Å²) in [6.07, 6.45) is 3.62. The number of benzene rings is 1. The van der Waals surface area contributed by atoms with Gasteiger partial charge in [0.05, 0.1) is 18.6 Å². The molecule has 0 saturated heterocycles. The number of hydrogen-bond donors (Lipinski definition) is 2. The maximum Gasteiger partial charge on any atom is 0.257 e. The van der Waals surface area contributed by atoms with Crippen LogP contribution in [0, 0.1) is 6.92 Å². The summed E-state index contributed by atoms with van der Waals surface area (Å²) >= 11 is 3.22. The predicted octanol–water partition coefficient (Wildman–Crippen LogP) is 3.10. The molecule has 1 heterocycles. The van der Waals surface area contributed by atoms with Gasteiger partial charge in [-0.15, -0.1) is 0 Å². The number of aryl methyl sites for hydroxylation is 1. The fourth-order valence-corrected chi connectivity index (χ4v) is 3.09. The first kappa shape index (κ1) is 17.6. The molecule has 0 spiro atoms. The molecule has 23 heavy (non-hydrogen) atoms. The first-order chi connectivity index (χ1) is 11.2. The number of carbonyl (C=O) groups excluding carboxylic acids is 1. The van der Waals surface area contributed by atoms with Gasteiger partial charge in [-0.2, -0.15) is 11.8 Å². The van der Waals surface area contributed by atoms with E-state index in [1.807, 2.05) is 31.4 Å². The molecule has 1 aromatic heterocycles. The predicted molar refractivity (Wildman–Crippen MR) is 99.2 cm³/mol. The third kappa shape index (κ3) is 5.76. The summed E-state index contributed by atoms with van der Waals surface area (Å²) in [6.45, 7) is 2.69. The third-order valence-electron chi connectivity index (χ3n) is 3.11. The van der Waals surface area contributed by atoms with Crippen LogP contribution in [-0.4, -0.2) is 39.6 Å². The number of H-pyrrole nitrogens is 1. The molecule has 2 rings (SSSR count). The minimum atomic E-state index is -0.126. The molecule has 1 aromatic carbocycles. The number of nitrogens with zero attached hydrogens (tertiary/aromatic N) is 2. The van der Waals surface area contributed by atoms with E-state index in [2.05, 4.69) is 20.3 Å². The second-order valence-corrected chi connectivity index (χ2v) is 6.64. The average molecular weight is 348 g/mol. The number of carbonyl (C=O) groups is 1. The maximum absolute atomic E-state index is 12.1. The first-order valence-corrected chi connectivity index (χ1v) is 9.60. The quantitative estimate of drug-likeness (QED) is 0.478. The Hall–Kier alpha value is -1.73. The van der Waals surface area contributed by atoms with Crippen molar-refractivity contribution in [3.8, 4) is 0 Å². The van der Waals surface area contributed by atoms with Crippen LogP contribution >= 0.6 is 23.5 Å². The molecule has 0 aliphatic heterocycles. The third-order valence-corrected chi connectivity index (χ3v) is 4.68. The lowest BCUT2D eigenvalue weighted by molar-refractivity contribution is 0.0978. The number of aliphatic imine (C=N–C) groups is 1. The van der Waals surface area contributed by atoms with Crippen LogP contribution in [0.3, 0.4) is 0 Å². The van der Waals surface area contributed by atoms with Gasteiger partial charge < -0.3 is 10.3 Å². The van der Waals surface area contributed by atoms with Gasteiger partial charge in [0.2, 0.25) is 0 Å². The number of aromatic nitrogens is 2. The van der Waals surface area contributed by atoms with Crippen molar-refractivity contribution in [3.63, 3.8) is 0 Å². The zero-order valence-corrected chi connectivity index (χ0v) is 14.8. The first-order valence-electron chi connectivity index (χ1n) is 7.22. The topological polar surface area (TPSA) is 70.1 Å². The SMILES string of the molecule is CSC(=NCCSCc1nc[nH]c1C)NC(=O)c1ccccc1. The molecule has 0 saturated carbocycles. The van der Waals surface area contributed by atoms with Crippen molar-refractivity contribution >= 4 is 34.6 Å². The van der Waals surface area contributed by atoms with Gasteiger partial charge in [0, 0.05) is 22.8 Å². The van der Waals surface area contributed by atoms with Crippen LogP contribution in [0.5, 0.6) is 0 Å². The lowest BCUT2D eigenvalue weighted by atomic mass is 10.2. The second kappa shape index (κ2) is 9.42. The highest BCUT2D eigenvalue weighted by Gasteiger charge is 2.07. The average Bonchev–Trinajstić information content (AvgIpc) is 2.99. The van der Waals surface area contributed by atoms with Crippen LogP contribution in [0.4, 0.5) is 0 Å². The summed E-state index contributed by atoms with van der Waals surface area (Å²) in [6, 6.07) is 9.15. The Labute approximate surface area is 144 Å². The molecule has 0 aliphatic rings. The minimum absolute atomic E-state index is 0.126. The highest BCUT2D eigenvalue weighted by atomic mass is 32.2. The summed E-state index contributed by atoms with van der Waals surface area (Å²) in [5, 5.41) is 3.49. The molecule has 5 nitrogen and oxygen atoms in total. The Morgan fingerprint density at radius 1 is 1.35 bits per heavy atom. The maximum atomic E-state index is 12.1. The van der Waals surface area contributed by atoms with E-state index < -0.39 is 0 Å². The van der Waals surface area contributed by atoms with Crippen LogP contribution in [0.15, 0.2) is 41.7 Å². The monoisotopic (exact) mass is 348 g/mol. The number of nitrogens with one attached hydrogen (secondary N) is 2. The van der Waals surface area contributed by atoms with E-state index >= 15 is 0 Å². The molecule has 0 atom stereocenters. The van der Waals surface area contributed by atoms with Crippen molar-refractivity contribution in [2.75, 3.05) is 18.6 Å². The van der Waals surface area contributed by atoms with Crippen LogP contribution in [-0.2, 0) is 5.75 Å². The van der Waals surface area contributed by atoms with Crippen LogP contribution in [0.2, 0.25) is 0 Å². The smallest absolute Gasteiger partial charge is 0.257 e. The fourth-order valence-electron chi connectivity index (χ4n) is 1.83. The highest BCUT2D eigenvalue weighted by Crippen LogP contribution is 2.12. The standard InChI is InChI=1S/C16H20N4OS2/c1-12-14(19-11-18-12)10-23-9-8-17-16(22-2)20-15(21)13-6-4-3-5-7-13/h3-7,11H,8-10H2,1-2H3,(H,18,19)(H,17,20,21). The molecule has 2 aromatic rings. The molecule has 0 bridgehead atoms. The number of amides is 1. The zero-order valence-electron chi connectivity index (χ0n) is 13.2. The number of thioether (sulfide) groups is 2. The summed E-state index contributed by atoms with van der Waals surface area (Å²) in [4.78, 5) is 23.9. The Morgan fingerprint density at radius 2 is 2.13 bits per heavy atom. The highest BCUT2D eigenvalue weighted by molar-refractivity contribution is 8.13. The fraction of sp³-hybridized carbons (Fsp3) is 0.312. The van der Waals surface area contributed by atoms with Gasteiger partial charge in [-0.05, 0) is 25.3 Å². The number of imidazole rings is 1. The van der Waals surface area contributed by atoms with Crippen molar-refractivity contribution in [2.45, 2.75) is 12.7 Å². The van der Waals surface area contributed by atoms with Gasteiger partial charge in [-0.3, -0.25) is 9.79 Å². The molecular formula is C16H20N4OS2. The number of hydrogen-bond acceptors (Lipinski definition) is 5. The molecule has 2 N–H and O–H groups in total. The molecule has 1 amide bonds. The van der Waals surface area contributed by atoms with Gasteiger partial charge in [0.1, 0.15) is 0 Å². The van der Waals surface area contributed by atoms with E-state index in [1.165, 1.54) is 11.8 Å². The van der Waals surface area contributed by atoms with Crippen molar-refractivity contribution < 1.29 is 4.79 Å². The van der Waals surface area contributed by atoms with E-state index in [1.54, 1.807) is 30.2 Å². The van der Waals surface area contributed by atoms with Gasteiger partial charge in [-0.1, -0.05) is 30.0 Å². The van der Waals surface area contributed by atoms with Crippen molar-refractivity contribution in [1.82, 2.24) is 15.3 Å². The zero-order chi connectivity index (χ0) is 16.5. The molecule has 0 radical (unpaired) electrons. The van der Waals surface area contributed by atoms with Gasteiger partial charge in [-0.25, -0.2) is 4.98 Å². The van der Waals surface area contributed by atoms with Gasteiger partial charge >= 0.3 is 0 Å². The van der Waals surface area contributed by atoms with Crippen molar-refractivity contribution in [2.24, 2.45) is 4.99 Å². The molecule has 0 aliphatic carbocycles. The van der Waals surface area contributed by atoms with E-state index in [0.717, 1.165) is 22.9 Å². The Kier molecular flexibility index (Phi) is 7.22. The molecule has 0 unspecified atom stereocenters. The lowest BCUT2D eigenvalue weighted by Gasteiger charge is -2.06. The van der Waals surface area contributed by atoms with E-state index in [-0.39, 0.29) is 5.91 Å². The van der Waals surface area contributed by atoms with Gasteiger partial charge in [0.15, 0.2) is 5.17 Å². The minimum Gasteiger partial charge on any atom is -0.348 e. The Balaban J connectivity index is 1.75. The lowest BCUT2D eigenvalue weighted by Crippen LogP contribution is -2.28. The largest absolute Gasteiger partial charge is 0.348 e. The number of rotatable bonds is 6. The molecule has 0 fully saturated rings. The summed E-state index contributed by atoms with van der Waals surface area (Å²) in [7, 11) is 0. The normalized spacial score (nSPS) is 11.5.